The molecule has 118 valence electrons. The van der Waals surface area contributed by atoms with E-state index in [0.29, 0.717) is 6.54 Å². The van der Waals surface area contributed by atoms with Gasteiger partial charge in [-0.15, -0.1) is 0 Å². The van der Waals surface area contributed by atoms with E-state index in [9.17, 15) is 9.90 Å². The Morgan fingerprint density at radius 1 is 1.29 bits per heavy atom. The van der Waals surface area contributed by atoms with Crippen molar-refractivity contribution in [3.63, 3.8) is 0 Å². The molecule has 5 nitrogen and oxygen atoms in total. The molecule has 0 aliphatic carbocycles. The quantitative estimate of drug-likeness (QED) is 0.647. The first-order valence-corrected chi connectivity index (χ1v) is 7.44. The van der Waals surface area contributed by atoms with Gasteiger partial charge < -0.3 is 20.1 Å². The van der Waals surface area contributed by atoms with Gasteiger partial charge in [0.05, 0.1) is 7.11 Å². The van der Waals surface area contributed by atoms with E-state index in [1.807, 2.05) is 0 Å². The minimum absolute atomic E-state index is 0.674. The summed E-state index contributed by atoms with van der Waals surface area (Å²) in [5.74, 6) is -0.132. The van der Waals surface area contributed by atoms with Crippen LogP contribution in [0.2, 0.25) is 0 Å². The summed E-state index contributed by atoms with van der Waals surface area (Å²) in [6.07, 6.45) is 0.932. The number of carboxylic acid groups (broad SMARTS) is 1. The highest BCUT2D eigenvalue weighted by atomic mass is 16.5. The largest absolute Gasteiger partial charge is 0.497 e. The van der Waals surface area contributed by atoms with E-state index in [0.717, 1.165) is 37.4 Å². The zero-order valence-corrected chi connectivity index (χ0v) is 13.1. The lowest BCUT2D eigenvalue weighted by Crippen LogP contribution is -2.32. The van der Waals surface area contributed by atoms with E-state index in [1.165, 1.54) is 0 Å². The van der Waals surface area contributed by atoms with Crippen LogP contribution in [-0.2, 0) is 4.79 Å². The molecule has 0 aromatic heterocycles. The van der Waals surface area contributed by atoms with Gasteiger partial charge in [-0.3, -0.25) is 4.79 Å². The predicted molar refractivity (Wildman–Crippen MR) is 83.8 cm³/mol. The number of carbonyl (C=O) groups is 1. The maximum atomic E-state index is 11.4. The summed E-state index contributed by atoms with van der Waals surface area (Å²) in [4.78, 5) is 13.7. The number of nitrogens with one attached hydrogen (secondary N) is 1. The molecular weight excluding hydrogens is 268 g/mol. The Labute approximate surface area is 126 Å². The minimum Gasteiger partial charge on any atom is -0.497 e. The summed E-state index contributed by atoms with van der Waals surface area (Å²) in [6, 6.07) is 6.46. The lowest BCUT2D eigenvalue weighted by Gasteiger charge is -2.19. The molecule has 0 spiro atoms. The van der Waals surface area contributed by atoms with Crippen LogP contribution in [0.15, 0.2) is 24.3 Å². The summed E-state index contributed by atoms with van der Waals surface area (Å²) in [6.45, 7) is 7.98. The van der Waals surface area contributed by atoms with E-state index in [4.69, 9.17) is 4.74 Å². The van der Waals surface area contributed by atoms with Crippen LogP contribution in [0.5, 0.6) is 5.75 Å². The second kappa shape index (κ2) is 9.37. The third-order valence-corrected chi connectivity index (χ3v) is 3.59. The molecule has 0 fully saturated rings. The highest BCUT2D eigenvalue weighted by Gasteiger charge is 2.18. The normalized spacial score (nSPS) is 12.4. The fourth-order valence-corrected chi connectivity index (χ4v) is 2.23. The number of rotatable bonds is 10. The average molecular weight is 294 g/mol. The molecule has 0 heterocycles. The van der Waals surface area contributed by atoms with Crippen LogP contribution >= 0.6 is 0 Å². The van der Waals surface area contributed by atoms with Crippen LogP contribution in [0.4, 0.5) is 0 Å². The SMILES string of the molecule is CCN(CC)CCCNC(C(=O)O)c1ccc(OC)cc1. The van der Waals surface area contributed by atoms with Crippen molar-refractivity contribution in [2.75, 3.05) is 33.3 Å². The zero-order chi connectivity index (χ0) is 15.7. The maximum Gasteiger partial charge on any atom is 0.325 e. The van der Waals surface area contributed by atoms with Gasteiger partial charge in [-0.05, 0) is 50.3 Å². The van der Waals surface area contributed by atoms with Gasteiger partial charge in [-0.25, -0.2) is 0 Å². The fourth-order valence-electron chi connectivity index (χ4n) is 2.23. The van der Waals surface area contributed by atoms with E-state index in [-0.39, 0.29) is 0 Å². The average Bonchev–Trinajstić information content (AvgIpc) is 2.51. The van der Waals surface area contributed by atoms with Crippen molar-refractivity contribution >= 4 is 5.97 Å². The monoisotopic (exact) mass is 294 g/mol. The van der Waals surface area contributed by atoms with Crippen LogP contribution in [0.3, 0.4) is 0 Å². The molecule has 5 heteroatoms. The number of nitrogens with zero attached hydrogens (tertiary/aromatic N) is 1. The lowest BCUT2D eigenvalue weighted by molar-refractivity contribution is -0.139. The van der Waals surface area contributed by atoms with Crippen molar-refractivity contribution in [1.29, 1.82) is 0 Å². The summed E-state index contributed by atoms with van der Waals surface area (Å²) < 4.78 is 5.09. The second-order valence-electron chi connectivity index (χ2n) is 4.88. The molecule has 1 unspecified atom stereocenters. The van der Waals surface area contributed by atoms with Crippen LogP contribution < -0.4 is 10.1 Å². The molecule has 0 radical (unpaired) electrons. The Hall–Kier alpha value is -1.59. The number of hydrogen-bond donors (Lipinski definition) is 2. The van der Waals surface area contributed by atoms with Gasteiger partial charge in [-0.2, -0.15) is 0 Å². The lowest BCUT2D eigenvalue weighted by atomic mass is 10.1. The third-order valence-electron chi connectivity index (χ3n) is 3.59. The van der Waals surface area contributed by atoms with Gasteiger partial charge in [0.25, 0.3) is 0 Å². The molecule has 0 saturated carbocycles. The van der Waals surface area contributed by atoms with Crippen LogP contribution in [0, 0.1) is 0 Å². The van der Waals surface area contributed by atoms with E-state index in [2.05, 4.69) is 24.1 Å². The summed E-state index contributed by atoms with van der Waals surface area (Å²) >= 11 is 0. The van der Waals surface area contributed by atoms with Crippen molar-refractivity contribution in [1.82, 2.24) is 10.2 Å². The Balaban J connectivity index is 2.52. The maximum absolute atomic E-state index is 11.4. The first-order valence-electron chi connectivity index (χ1n) is 7.44. The van der Waals surface area contributed by atoms with Crippen LogP contribution in [-0.4, -0.2) is 49.3 Å². The molecular formula is C16H26N2O3. The Kier molecular flexibility index (Phi) is 7.79. The Morgan fingerprint density at radius 3 is 2.38 bits per heavy atom. The summed E-state index contributed by atoms with van der Waals surface area (Å²) in [5.41, 5.74) is 0.742. The molecule has 2 N–H and O–H groups in total. The van der Waals surface area contributed by atoms with E-state index < -0.39 is 12.0 Å². The molecule has 0 amide bonds. The zero-order valence-electron chi connectivity index (χ0n) is 13.1. The molecule has 0 saturated heterocycles. The molecule has 0 bridgehead atoms. The van der Waals surface area contributed by atoms with Gasteiger partial charge in [0.2, 0.25) is 0 Å². The van der Waals surface area contributed by atoms with E-state index in [1.54, 1.807) is 31.4 Å². The Bertz CT molecular complexity index is 416. The molecule has 0 aliphatic rings. The highest BCUT2D eigenvalue weighted by molar-refractivity contribution is 5.75. The van der Waals surface area contributed by atoms with Crippen molar-refractivity contribution in [2.45, 2.75) is 26.3 Å². The topological polar surface area (TPSA) is 61.8 Å². The summed E-state index contributed by atoms with van der Waals surface area (Å²) in [5, 5.41) is 12.5. The van der Waals surface area contributed by atoms with Gasteiger partial charge in [-0.1, -0.05) is 26.0 Å². The van der Waals surface area contributed by atoms with Crippen LogP contribution in [0.1, 0.15) is 31.9 Å². The van der Waals surface area contributed by atoms with Gasteiger partial charge in [0.15, 0.2) is 0 Å². The van der Waals surface area contributed by atoms with Crippen LogP contribution in [0.25, 0.3) is 0 Å². The van der Waals surface area contributed by atoms with Crippen molar-refractivity contribution in [2.24, 2.45) is 0 Å². The number of carboxylic acids is 1. The van der Waals surface area contributed by atoms with Gasteiger partial charge in [0, 0.05) is 0 Å². The summed E-state index contributed by atoms with van der Waals surface area (Å²) in [7, 11) is 1.59. The molecule has 1 atom stereocenters. The first-order chi connectivity index (χ1) is 10.1. The molecule has 1 rings (SSSR count). The van der Waals surface area contributed by atoms with Gasteiger partial charge >= 0.3 is 5.97 Å². The molecule has 1 aromatic carbocycles. The number of hydrogen-bond acceptors (Lipinski definition) is 4. The smallest absolute Gasteiger partial charge is 0.325 e. The van der Waals surface area contributed by atoms with Crippen molar-refractivity contribution in [3.8, 4) is 5.75 Å². The Morgan fingerprint density at radius 2 is 1.90 bits per heavy atom. The van der Waals surface area contributed by atoms with Gasteiger partial charge in [0.1, 0.15) is 11.8 Å². The second-order valence-corrected chi connectivity index (χ2v) is 4.88. The number of benzene rings is 1. The van der Waals surface area contributed by atoms with Crippen molar-refractivity contribution in [3.05, 3.63) is 29.8 Å². The number of aliphatic carboxylic acids is 1. The molecule has 0 aliphatic heterocycles. The third kappa shape index (κ3) is 5.73. The number of ether oxygens (including phenoxy) is 1. The first kappa shape index (κ1) is 17.5. The number of methoxy groups -OCH3 is 1. The predicted octanol–water partition coefficient (Wildman–Crippen LogP) is 2.14. The minimum atomic E-state index is -0.858. The fraction of sp³-hybridized carbons (Fsp3) is 0.562. The van der Waals surface area contributed by atoms with E-state index >= 15 is 0 Å². The highest BCUT2D eigenvalue weighted by Crippen LogP contribution is 2.17. The van der Waals surface area contributed by atoms with Crippen molar-refractivity contribution < 1.29 is 14.6 Å². The standard InChI is InChI=1S/C16H26N2O3/c1-4-18(5-2)12-6-11-17-15(16(19)20)13-7-9-14(21-3)10-8-13/h7-10,15,17H,4-6,11-12H2,1-3H3,(H,19,20). The molecule has 21 heavy (non-hydrogen) atoms. The molecule has 1 aromatic rings.